The van der Waals surface area contributed by atoms with Crippen molar-refractivity contribution in [2.45, 2.75) is 27.2 Å². The van der Waals surface area contributed by atoms with E-state index in [4.69, 9.17) is 4.74 Å². The quantitative estimate of drug-likeness (QED) is 0.416. The fourth-order valence-electron chi connectivity index (χ4n) is 2.30. The summed E-state index contributed by atoms with van der Waals surface area (Å²) in [5.41, 5.74) is 1.13. The Hall–Kier alpha value is -2.81. The second-order valence-corrected chi connectivity index (χ2v) is 6.29. The minimum absolute atomic E-state index is 0.0511. The molecular weight excluding hydrogens is 338 g/mol. The van der Waals surface area contributed by atoms with E-state index in [0.29, 0.717) is 43.5 Å². The number of hydrogen-bond acceptors (Lipinski definition) is 6. The van der Waals surface area contributed by atoms with Gasteiger partial charge in [0.2, 0.25) is 0 Å². The van der Waals surface area contributed by atoms with Crippen LogP contribution in [0.4, 0.5) is 5.69 Å². The number of aromatic nitrogens is 3. The Morgan fingerprint density at radius 2 is 2.19 bits per heavy atom. The number of ether oxygens (including phenoxy) is 1. The van der Waals surface area contributed by atoms with Crippen molar-refractivity contribution in [2.75, 3.05) is 19.8 Å². The number of nitro benzene ring substituents is 1. The average molecular weight is 361 g/mol. The number of hydrogen-bond donors (Lipinski definition) is 1. The normalized spacial score (nSPS) is 10.9. The Kier molecular flexibility index (Phi) is 6.79. The van der Waals surface area contributed by atoms with E-state index in [0.717, 1.165) is 0 Å². The lowest BCUT2D eigenvalue weighted by molar-refractivity contribution is -0.384. The largest absolute Gasteiger partial charge is 0.381 e. The molecule has 1 heterocycles. The summed E-state index contributed by atoms with van der Waals surface area (Å²) < 4.78 is 6.87. The fraction of sp³-hybridized carbons (Fsp3) is 0.471. The fourth-order valence-corrected chi connectivity index (χ4v) is 2.30. The minimum Gasteiger partial charge on any atom is -0.381 e. The number of non-ortho nitro benzene ring substituents is 1. The molecule has 26 heavy (non-hydrogen) atoms. The lowest BCUT2D eigenvalue weighted by atomic mass is 10.2. The van der Waals surface area contributed by atoms with E-state index in [-0.39, 0.29) is 17.3 Å². The summed E-state index contributed by atoms with van der Waals surface area (Å²) in [6.45, 7) is 7.60. The first-order valence-corrected chi connectivity index (χ1v) is 8.43. The maximum absolute atomic E-state index is 12.3. The van der Waals surface area contributed by atoms with Crippen molar-refractivity contribution in [1.82, 2.24) is 20.3 Å². The molecule has 0 unspecified atom stereocenters. The Morgan fingerprint density at radius 3 is 2.88 bits per heavy atom. The van der Waals surface area contributed by atoms with Gasteiger partial charge in [-0.3, -0.25) is 14.9 Å². The van der Waals surface area contributed by atoms with Crippen LogP contribution in [0.3, 0.4) is 0 Å². The third-order valence-corrected chi connectivity index (χ3v) is 3.60. The van der Waals surface area contributed by atoms with Crippen LogP contribution in [0, 0.1) is 23.0 Å². The van der Waals surface area contributed by atoms with Crippen LogP contribution >= 0.6 is 0 Å². The lowest BCUT2D eigenvalue weighted by Gasteiger charge is -2.07. The highest BCUT2D eigenvalue weighted by molar-refractivity contribution is 5.93. The standard InChI is InChI=1S/C17H23N5O4/c1-12(2)11-26-9-5-8-18-17(23)16-13(3)21(20-19-16)14-6-4-7-15(10-14)22(24)25/h4,6-7,10,12H,5,8-9,11H2,1-3H3,(H,18,23). The second-order valence-electron chi connectivity index (χ2n) is 6.29. The van der Waals surface area contributed by atoms with Gasteiger partial charge in [-0.25, -0.2) is 4.68 Å². The molecule has 0 aliphatic carbocycles. The minimum atomic E-state index is -0.481. The van der Waals surface area contributed by atoms with Crippen LogP contribution in [-0.2, 0) is 4.74 Å². The predicted molar refractivity (Wildman–Crippen MR) is 95.4 cm³/mol. The van der Waals surface area contributed by atoms with E-state index in [9.17, 15) is 14.9 Å². The van der Waals surface area contributed by atoms with E-state index >= 15 is 0 Å². The SMILES string of the molecule is Cc1c(C(=O)NCCCOCC(C)C)nnn1-c1cccc([N+](=O)[O-])c1. The first-order chi connectivity index (χ1) is 12.4. The van der Waals surface area contributed by atoms with Crippen molar-refractivity contribution < 1.29 is 14.5 Å². The molecule has 1 N–H and O–H groups in total. The van der Waals surface area contributed by atoms with Crippen LogP contribution in [0.5, 0.6) is 0 Å². The molecule has 1 aromatic heterocycles. The van der Waals surface area contributed by atoms with Crippen molar-refractivity contribution in [3.8, 4) is 5.69 Å². The van der Waals surface area contributed by atoms with E-state index in [2.05, 4.69) is 29.5 Å². The van der Waals surface area contributed by atoms with Gasteiger partial charge in [0.1, 0.15) is 0 Å². The summed E-state index contributed by atoms with van der Waals surface area (Å²) in [7, 11) is 0. The summed E-state index contributed by atoms with van der Waals surface area (Å²) in [5, 5.41) is 21.5. The molecule has 0 aliphatic rings. The van der Waals surface area contributed by atoms with Gasteiger partial charge in [-0.2, -0.15) is 0 Å². The van der Waals surface area contributed by atoms with Gasteiger partial charge < -0.3 is 10.1 Å². The smallest absolute Gasteiger partial charge is 0.273 e. The van der Waals surface area contributed by atoms with Gasteiger partial charge in [-0.05, 0) is 25.3 Å². The van der Waals surface area contributed by atoms with Crippen molar-refractivity contribution in [3.63, 3.8) is 0 Å². The zero-order chi connectivity index (χ0) is 19.1. The van der Waals surface area contributed by atoms with Crippen molar-refractivity contribution in [2.24, 2.45) is 5.92 Å². The molecule has 0 spiro atoms. The molecule has 0 fully saturated rings. The molecule has 1 aromatic carbocycles. The molecular formula is C17H23N5O4. The number of carbonyl (C=O) groups excluding carboxylic acids is 1. The summed E-state index contributed by atoms with van der Waals surface area (Å²) in [6.07, 6.45) is 0.705. The van der Waals surface area contributed by atoms with Crippen molar-refractivity contribution in [1.29, 1.82) is 0 Å². The molecule has 0 bridgehead atoms. The lowest BCUT2D eigenvalue weighted by Crippen LogP contribution is -2.26. The van der Waals surface area contributed by atoms with E-state index in [1.165, 1.54) is 16.8 Å². The highest BCUT2D eigenvalue weighted by Gasteiger charge is 2.18. The Bertz CT molecular complexity index is 772. The van der Waals surface area contributed by atoms with E-state index in [1.54, 1.807) is 19.1 Å². The van der Waals surface area contributed by atoms with Crippen LogP contribution < -0.4 is 5.32 Å². The van der Waals surface area contributed by atoms with Crippen molar-refractivity contribution >= 4 is 11.6 Å². The molecule has 9 nitrogen and oxygen atoms in total. The van der Waals surface area contributed by atoms with Crippen LogP contribution in [-0.4, -0.2) is 45.6 Å². The van der Waals surface area contributed by atoms with Gasteiger partial charge in [0.15, 0.2) is 5.69 Å². The number of carbonyl (C=O) groups is 1. The molecule has 0 saturated heterocycles. The average Bonchev–Trinajstić information content (AvgIpc) is 2.99. The Labute approximate surface area is 151 Å². The Balaban J connectivity index is 1.96. The number of nitrogens with zero attached hydrogens (tertiary/aromatic N) is 4. The van der Waals surface area contributed by atoms with Gasteiger partial charge in [-0.1, -0.05) is 25.1 Å². The molecule has 140 valence electrons. The molecule has 0 saturated carbocycles. The molecule has 0 radical (unpaired) electrons. The van der Waals surface area contributed by atoms with Crippen molar-refractivity contribution in [3.05, 3.63) is 45.8 Å². The topological polar surface area (TPSA) is 112 Å². The number of benzene rings is 1. The number of nitrogens with one attached hydrogen (secondary N) is 1. The summed E-state index contributed by atoms with van der Waals surface area (Å²) in [4.78, 5) is 22.7. The summed E-state index contributed by atoms with van der Waals surface area (Å²) in [5.74, 6) is 0.152. The highest BCUT2D eigenvalue weighted by atomic mass is 16.6. The molecule has 9 heteroatoms. The zero-order valence-corrected chi connectivity index (χ0v) is 15.1. The molecule has 0 aliphatic heterocycles. The highest BCUT2D eigenvalue weighted by Crippen LogP contribution is 2.18. The molecule has 0 atom stereocenters. The second kappa shape index (κ2) is 9.04. The summed E-state index contributed by atoms with van der Waals surface area (Å²) in [6, 6.07) is 6.01. The zero-order valence-electron chi connectivity index (χ0n) is 15.1. The van der Waals surface area contributed by atoms with Gasteiger partial charge >= 0.3 is 0 Å². The maximum atomic E-state index is 12.3. The van der Waals surface area contributed by atoms with Crippen LogP contribution in [0.2, 0.25) is 0 Å². The maximum Gasteiger partial charge on any atom is 0.273 e. The number of nitro groups is 1. The molecule has 2 aromatic rings. The Morgan fingerprint density at radius 1 is 1.42 bits per heavy atom. The number of amides is 1. The molecule has 1 amide bonds. The predicted octanol–water partition coefficient (Wildman–Crippen LogP) is 2.28. The van der Waals surface area contributed by atoms with Crippen LogP contribution in [0.1, 0.15) is 36.5 Å². The third-order valence-electron chi connectivity index (χ3n) is 3.60. The van der Waals surface area contributed by atoms with E-state index in [1.807, 2.05) is 0 Å². The first kappa shape index (κ1) is 19.5. The summed E-state index contributed by atoms with van der Waals surface area (Å²) >= 11 is 0. The third kappa shape index (κ3) is 5.09. The molecule has 2 rings (SSSR count). The van der Waals surface area contributed by atoms with Gasteiger partial charge in [0.25, 0.3) is 11.6 Å². The first-order valence-electron chi connectivity index (χ1n) is 8.43. The number of rotatable bonds is 9. The van der Waals surface area contributed by atoms with Crippen LogP contribution in [0.15, 0.2) is 24.3 Å². The monoisotopic (exact) mass is 361 g/mol. The van der Waals surface area contributed by atoms with Crippen LogP contribution in [0.25, 0.3) is 5.69 Å². The van der Waals surface area contributed by atoms with E-state index < -0.39 is 4.92 Å². The van der Waals surface area contributed by atoms with Gasteiger partial charge in [0, 0.05) is 31.9 Å². The van der Waals surface area contributed by atoms with Gasteiger partial charge in [0.05, 0.1) is 16.3 Å². The van der Waals surface area contributed by atoms with Gasteiger partial charge in [-0.15, -0.1) is 5.10 Å².